The molecule has 1 fully saturated rings. The van der Waals surface area contributed by atoms with Crippen LogP contribution in [0.1, 0.15) is 26.2 Å². The topological polar surface area (TPSA) is 76.3 Å². The second-order valence-corrected chi connectivity index (χ2v) is 4.80. The zero-order valence-corrected chi connectivity index (χ0v) is 11.7. The van der Waals surface area contributed by atoms with Crippen LogP contribution in [0.15, 0.2) is 6.07 Å². The number of hydrogen-bond acceptors (Lipinski definition) is 6. The Morgan fingerprint density at radius 1 is 1.53 bits per heavy atom. The van der Waals surface area contributed by atoms with Crippen LogP contribution in [0.4, 0.5) is 17.6 Å². The van der Waals surface area contributed by atoms with Gasteiger partial charge in [-0.25, -0.2) is 0 Å². The average Bonchev–Trinajstić information content (AvgIpc) is 2.44. The summed E-state index contributed by atoms with van der Waals surface area (Å²) >= 11 is 0. The van der Waals surface area contributed by atoms with E-state index in [0.29, 0.717) is 12.1 Å². The number of ether oxygens (including phenoxy) is 1. The Labute approximate surface area is 114 Å². The minimum Gasteiger partial charge on any atom is -0.376 e. The van der Waals surface area contributed by atoms with Gasteiger partial charge in [0.15, 0.2) is 0 Å². The Kier molecular flexibility index (Phi) is 4.79. The van der Waals surface area contributed by atoms with Gasteiger partial charge in [0.2, 0.25) is 5.95 Å². The van der Waals surface area contributed by atoms with Gasteiger partial charge in [-0.2, -0.15) is 9.97 Å². The van der Waals surface area contributed by atoms with Crippen molar-refractivity contribution in [2.24, 2.45) is 0 Å². The molecule has 19 heavy (non-hydrogen) atoms. The molecule has 0 radical (unpaired) electrons. The lowest BCUT2D eigenvalue weighted by molar-refractivity contribution is 0.0439. The third kappa shape index (κ3) is 3.70. The molecule has 0 spiro atoms. The van der Waals surface area contributed by atoms with Gasteiger partial charge in [-0.15, -0.1) is 0 Å². The molecule has 6 nitrogen and oxygen atoms in total. The molecule has 1 aromatic rings. The summed E-state index contributed by atoms with van der Waals surface area (Å²) in [5.74, 6) is 1.93. The van der Waals surface area contributed by atoms with Gasteiger partial charge < -0.3 is 20.7 Å². The van der Waals surface area contributed by atoms with Gasteiger partial charge in [0, 0.05) is 32.8 Å². The Morgan fingerprint density at radius 3 is 3.11 bits per heavy atom. The third-order valence-electron chi connectivity index (χ3n) is 3.25. The van der Waals surface area contributed by atoms with E-state index in [4.69, 9.17) is 10.5 Å². The fraction of sp³-hybridized carbons (Fsp3) is 0.692. The van der Waals surface area contributed by atoms with E-state index < -0.39 is 0 Å². The first kappa shape index (κ1) is 13.9. The fourth-order valence-corrected chi connectivity index (χ4v) is 2.31. The van der Waals surface area contributed by atoms with Crippen molar-refractivity contribution in [2.45, 2.75) is 32.3 Å². The minimum absolute atomic E-state index is 0.294. The molecular formula is C13H23N5O. The molecule has 1 unspecified atom stereocenters. The highest BCUT2D eigenvalue weighted by atomic mass is 16.5. The lowest BCUT2D eigenvalue weighted by Gasteiger charge is -2.33. The molecule has 2 heterocycles. The number of rotatable bonds is 5. The van der Waals surface area contributed by atoms with Crippen LogP contribution >= 0.6 is 0 Å². The summed E-state index contributed by atoms with van der Waals surface area (Å²) in [6.07, 6.45) is 3.59. The van der Waals surface area contributed by atoms with E-state index in [0.717, 1.165) is 50.6 Å². The van der Waals surface area contributed by atoms with Gasteiger partial charge in [-0.05, 0) is 19.3 Å². The predicted molar refractivity (Wildman–Crippen MR) is 77.5 cm³/mol. The summed E-state index contributed by atoms with van der Waals surface area (Å²) in [4.78, 5) is 10.7. The highest BCUT2D eigenvalue weighted by Gasteiger charge is 2.21. The molecule has 1 aliphatic heterocycles. The van der Waals surface area contributed by atoms with Gasteiger partial charge in [0.25, 0.3) is 0 Å². The maximum Gasteiger partial charge on any atom is 0.223 e. The number of aromatic nitrogens is 2. The Bertz CT molecular complexity index is 412. The zero-order valence-electron chi connectivity index (χ0n) is 11.7. The van der Waals surface area contributed by atoms with Gasteiger partial charge in [0.1, 0.15) is 11.6 Å². The molecule has 0 amide bonds. The van der Waals surface area contributed by atoms with E-state index in [-0.39, 0.29) is 0 Å². The van der Waals surface area contributed by atoms with Gasteiger partial charge in [-0.3, -0.25) is 0 Å². The van der Waals surface area contributed by atoms with Crippen molar-refractivity contribution in [2.75, 3.05) is 42.7 Å². The number of anilines is 3. The van der Waals surface area contributed by atoms with Crippen LogP contribution in [-0.4, -0.2) is 42.8 Å². The van der Waals surface area contributed by atoms with Crippen molar-refractivity contribution < 1.29 is 4.74 Å². The third-order valence-corrected chi connectivity index (χ3v) is 3.25. The fourth-order valence-electron chi connectivity index (χ4n) is 2.31. The van der Waals surface area contributed by atoms with Gasteiger partial charge in [0.05, 0.1) is 6.10 Å². The van der Waals surface area contributed by atoms with Crippen LogP contribution in [0.3, 0.4) is 0 Å². The van der Waals surface area contributed by atoms with E-state index in [1.54, 1.807) is 0 Å². The van der Waals surface area contributed by atoms with E-state index in [9.17, 15) is 0 Å². The molecule has 2 rings (SSSR count). The molecule has 0 saturated carbocycles. The number of nitrogens with zero attached hydrogens (tertiary/aromatic N) is 3. The highest BCUT2D eigenvalue weighted by Crippen LogP contribution is 2.22. The van der Waals surface area contributed by atoms with Crippen LogP contribution in [0.5, 0.6) is 0 Å². The molecule has 1 saturated heterocycles. The van der Waals surface area contributed by atoms with E-state index in [1.165, 1.54) is 0 Å². The maximum absolute atomic E-state index is 5.84. The number of hydrogen-bond donors (Lipinski definition) is 2. The second-order valence-electron chi connectivity index (χ2n) is 4.80. The van der Waals surface area contributed by atoms with Crippen molar-refractivity contribution in [1.82, 2.24) is 9.97 Å². The Hall–Kier alpha value is -1.56. The average molecular weight is 265 g/mol. The van der Waals surface area contributed by atoms with E-state index in [2.05, 4.69) is 27.1 Å². The summed E-state index contributed by atoms with van der Waals surface area (Å²) < 4.78 is 5.84. The van der Waals surface area contributed by atoms with Crippen molar-refractivity contribution in [3.05, 3.63) is 6.07 Å². The molecule has 0 aliphatic carbocycles. The number of piperidine rings is 1. The lowest BCUT2D eigenvalue weighted by atomic mass is 10.1. The molecular weight excluding hydrogens is 242 g/mol. The molecule has 1 aromatic heterocycles. The zero-order chi connectivity index (χ0) is 13.7. The number of nitrogen functional groups attached to an aromatic ring is 1. The maximum atomic E-state index is 5.84. The smallest absolute Gasteiger partial charge is 0.223 e. The summed E-state index contributed by atoms with van der Waals surface area (Å²) in [5, 5.41) is 3.00. The second kappa shape index (κ2) is 6.56. The van der Waals surface area contributed by atoms with Crippen LogP contribution in [0.2, 0.25) is 0 Å². The minimum atomic E-state index is 0.294. The standard InChI is InChI=1S/C13H23N5O/c1-3-7-19-10-5-4-6-18(9-10)12-8-11(15-2)16-13(14)17-12/h8,10H,3-7,9H2,1-2H3,(H3,14,15,16,17). The van der Waals surface area contributed by atoms with Crippen molar-refractivity contribution in [3.8, 4) is 0 Å². The first-order valence-corrected chi connectivity index (χ1v) is 6.91. The first-order valence-electron chi connectivity index (χ1n) is 6.91. The molecule has 106 valence electrons. The number of nitrogens with two attached hydrogens (primary N) is 1. The van der Waals surface area contributed by atoms with Gasteiger partial charge in [-0.1, -0.05) is 6.92 Å². The van der Waals surface area contributed by atoms with Gasteiger partial charge >= 0.3 is 0 Å². The predicted octanol–water partition coefficient (Wildman–Crippen LogP) is 1.50. The molecule has 3 N–H and O–H groups in total. The molecule has 6 heteroatoms. The Morgan fingerprint density at radius 2 is 2.37 bits per heavy atom. The SMILES string of the molecule is CCCOC1CCCN(c2cc(NC)nc(N)n2)C1. The molecule has 0 aromatic carbocycles. The monoisotopic (exact) mass is 265 g/mol. The van der Waals surface area contributed by atoms with Crippen LogP contribution < -0.4 is 16.0 Å². The van der Waals surface area contributed by atoms with E-state index >= 15 is 0 Å². The largest absolute Gasteiger partial charge is 0.376 e. The molecule has 0 bridgehead atoms. The summed E-state index contributed by atoms with van der Waals surface area (Å²) in [7, 11) is 1.83. The summed E-state index contributed by atoms with van der Waals surface area (Å²) in [6.45, 7) is 4.82. The summed E-state index contributed by atoms with van der Waals surface area (Å²) in [6, 6.07) is 1.93. The molecule has 1 atom stereocenters. The van der Waals surface area contributed by atoms with Crippen LogP contribution in [0, 0.1) is 0 Å². The summed E-state index contributed by atoms with van der Waals surface area (Å²) in [5.41, 5.74) is 5.74. The molecule has 1 aliphatic rings. The van der Waals surface area contributed by atoms with Crippen molar-refractivity contribution >= 4 is 17.6 Å². The normalized spacial score (nSPS) is 19.5. The van der Waals surface area contributed by atoms with Crippen molar-refractivity contribution in [1.29, 1.82) is 0 Å². The Balaban J connectivity index is 2.06. The van der Waals surface area contributed by atoms with Crippen LogP contribution in [0.25, 0.3) is 0 Å². The lowest BCUT2D eigenvalue weighted by Crippen LogP contribution is -2.40. The number of nitrogens with one attached hydrogen (secondary N) is 1. The van der Waals surface area contributed by atoms with E-state index in [1.807, 2.05) is 13.1 Å². The quantitative estimate of drug-likeness (QED) is 0.840. The first-order chi connectivity index (χ1) is 9.22. The highest BCUT2D eigenvalue weighted by molar-refractivity contribution is 5.52. The van der Waals surface area contributed by atoms with Crippen molar-refractivity contribution in [3.63, 3.8) is 0 Å². The van der Waals surface area contributed by atoms with Crippen LogP contribution in [-0.2, 0) is 4.74 Å².